The van der Waals surface area contributed by atoms with Gasteiger partial charge in [-0.1, -0.05) is 18.6 Å². The standard InChI is InChI=1S/C16H24N2O2/c1-12-6-3-4-9-18(12)11-16(20)14-7-5-8-15(10-14)17-13(2)19/h5,7-8,10,12,16,20H,3-4,6,9,11H2,1-2H3,(H,17,19). The van der Waals surface area contributed by atoms with Crippen molar-refractivity contribution in [2.75, 3.05) is 18.4 Å². The number of amides is 1. The van der Waals surface area contributed by atoms with Crippen molar-refractivity contribution in [1.82, 2.24) is 4.90 Å². The third-order valence-electron chi connectivity index (χ3n) is 3.94. The molecular weight excluding hydrogens is 252 g/mol. The summed E-state index contributed by atoms with van der Waals surface area (Å²) in [6, 6.07) is 7.99. The minimum Gasteiger partial charge on any atom is -0.387 e. The van der Waals surface area contributed by atoms with Gasteiger partial charge in [0, 0.05) is 25.2 Å². The van der Waals surface area contributed by atoms with E-state index in [2.05, 4.69) is 17.1 Å². The first-order valence-electron chi connectivity index (χ1n) is 7.36. The summed E-state index contributed by atoms with van der Waals surface area (Å²) >= 11 is 0. The van der Waals surface area contributed by atoms with E-state index in [9.17, 15) is 9.90 Å². The predicted octanol–water partition coefficient (Wildman–Crippen LogP) is 2.55. The fourth-order valence-corrected chi connectivity index (χ4v) is 2.78. The van der Waals surface area contributed by atoms with Crippen LogP contribution in [0.5, 0.6) is 0 Å². The van der Waals surface area contributed by atoms with Gasteiger partial charge in [-0.2, -0.15) is 0 Å². The minimum absolute atomic E-state index is 0.0960. The Hall–Kier alpha value is -1.39. The average molecular weight is 276 g/mol. The Morgan fingerprint density at radius 3 is 3.00 bits per heavy atom. The van der Waals surface area contributed by atoms with Crippen LogP contribution in [-0.2, 0) is 4.79 Å². The number of rotatable bonds is 4. The fraction of sp³-hybridized carbons (Fsp3) is 0.562. The Kier molecular flexibility index (Phi) is 5.15. The van der Waals surface area contributed by atoms with Gasteiger partial charge >= 0.3 is 0 Å². The number of aliphatic hydroxyl groups excluding tert-OH is 1. The van der Waals surface area contributed by atoms with Crippen LogP contribution in [0, 0.1) is 0 Å². The highest BCUT2D eigenvalue weighted by Gasteiger charge is 2.21. The summed E-state index contributed by atoms with van der Waals surface area (Å²) in [5.41, 5.74) is 1.59. The quantitative estimate of drug-likeness (QED) is 0.888. The SMILES string of the molecule is CC(=O)Nc1cccc(C(O)CN2CCCCC2C)c1. The molecule has 1 aliphatic heterocycles. The highest BCUT2D eigenvalue weighted by Crippen LogP contribution is 2.23. The number of nitrogens with one attached hydrogen (secondary N) is 1. The number of benzene rings is 1. The van der Waals surface area contributed by atoms with Crippen molar-refractivity contribution in [3.05, 3.63) is 29.8 Å². The van der Waals surface area contributed by atoms with Gasteiger partial charge in [0.15, 0.2) is 0 Å². The summed E-state index contributed by atoms with van der Waals surface area (Å²) in [7, 11) is 0. The summed E-state index contributed by atoms with van der Waals surface area (Å²) in [4.78, 5) is 13.4. The molecule has 1 heterocycles. The van der Waals surface area contributed by atoms with E-state index in [1.165, 1.54) is 26.2 Å². The van der Waals surface area contributed by atoms with E-state index in [0.717, 1.165) is 17.8 Å². The first-order valence-corrected chi connectivity index (χ1v) is 7.36. The highest BCUT2D eigenvalue weighted by molar-refractivity contribution is 5.88. The molecule has 0 aliphatic carbocycles. The number of likely N-dealkylation sites (tertiary alicyclic amines) is 1. The average Bonchev–Trinajstić information content (AvgIpc) is 2.41. The van der Waals surface area contributed by atoms with Crippen molar-refractivity contribution < 1.29 is 9.90 Å². The second-order valence-electron chi connectivity index (χ2n) is 5.66. The van der Waals surface area contributed by atoms with Gasteiger partial charge in [-0.3, -0.25) is 9.69 Å². The lowest BCUT2D eigenvalue weighted by Gasteiger charge is -2.34. The monoisotopic (exact) mass is 276 g/mol. The lowest BCUT2D eigenvalue weighted by Crippen LogP contribution is -2.40. The molecule has 2 rings (SSSR count). The summed E-state index contributed by atoms with van der Waals surface area (Å²) in [5, 5.41) is 13.1. The van der Waals surface area contributed by atoms with Crippen molar-refractivity contribution in [1.29, 1.82) is 0 Å². The van der Waals surface area contributed by atoms with E-state index in [1.807, 2.05) is 24.3 Å². The summed E-state index contributed by atoms with van der Waals surface area (Å²) in [6.07, 6.45) is 3.19. The molecule has 1 aromatic carbocycles. The maximum atomic E-state index is 11.1. The first-order chi connectivity index (χ1) is 9.56. The Morgan fingerprint density at radius 2 is 2.30 bits per heavy atom. The molecule has 2 unspecified atom stereocenters. The maximum Gasteiger partial charge on any atom is 0.221 e. The number of carbonyl (C=O) groups is 1. The molecule has 1 amide bonds. The van der Waals surface area contributed by atoms with Crippen LogP contribution in [0.1, 0.15) is 44.8 Å². The molecule has 4 heteroatoms. The second kappa shape index (κ2) is 6.86. The molecule has 1 fully saturated rings. The second-order valence-corrected chi connectivity index (χ2v) is 5.66. The van der Waals surface area contributed by atoms with Gasteiger partial charge in [0.1, 0.15) is 0 Å². The van der Waals surface area contributed by atoms with Crippen LogP contribution < -0.4 is 5.32 Å². The topological polar surface area (TPSA) is 52.6 Å². The molecule has 2 atom stereocenters. The summed E-state index contributed by atoms with van der Waals surface area (Å²) in [6.45, 7) is 5.42. The van der Waals surface area contributed by atoms with E-state index >= 15 is 0 Å². The van der Waals surface area contributed by atoms with Crippen LogP contribution in [-0.4, -0.2) is 35.0 Å². The van der Waals surface area contributed by atoms with Crippen LogP contribution >= 0.6 is 0 Å². The molecule has 0 aromatic heterocycles. The normalized spacial score (nSPS) is 21.4. The Bertz CT molecular complexity index is 462. The minimum atomic E-state index is -0.510. The van der Waals surface area contributed by atoms with E-state index in [-0.39, 0.29) is 5.91 Å². The molecule has 0 bridgehead atoms. The maximum absolute atomic E-state index is 11.1. The Labute approximate surface area is 120 Å². The summed E-state index contributed by atoms with van der Waals surface area (Å²) < 4.78 is 0. The van der Waals surface area contributed by atoms with Gasteiger partial charge < -0.3 is 10.4 Å². The van der Waals surface area contributed by atoms with Gasteiger partial charge in [-0.25, -0.2) is 0 Å². The van der Waals surface area contributed by atoms with Gasteiger partial charge in [0.2, 0.25) is 5.91 Å². The Morgan fingerprint density at radius 1 is 1.50 bits per heavy atom. The van der Waals surface area contributed by atoms with E-state index < -0.39 is 6.10 Å². The lowest BCUT2D eigenvalue weighted by molar-refractivity contribution is -0.114. The van der Waals surface area contributed by atoms with Crippen LogP contribution in [0.15, 0.2) is 24.3 Å². The lowest BCUT2D eigenvalue weighted by atomic mass is 10.0. The smallest absolute Gasteiger partial charge is 0.221 e. The largest absolute Gasteiger partial charge is 0.387 e. The molecule has 1 aromatic rings. The first kappa shape index (κ1) is 15.0. The zero-order chi connectivity index (χ0) is 14.5. The van der Waals surface area contributed by atoms with Gasteiger partial charge in [-0.15, -0.1) is 0 Å². The van der Waals surface area contributed by atoms with E-state index in [0.29, 0.717) is 12.6 Å². The molecule has 0 saturated carbocycles. The zero-order valence-corrected chi connectivity index (χ0v) is 12.3. The molecule has 20 heavy (non-hydrogen) atoms. The summed E-state index contributed by atoms with van der Waals surface area (Å²) in [5.74, 6) is -0.0960. The van der Waals surface area contributed by atoms with Crippen LogP contribution in [0.25, 0.3) is 0 Å². The van der Waals surface area contributed by atoms with Crippen LogP contribution in [0.4, 0.5) is 5.69 Å². The van der Waals surface area contributed by atoms with Crippen molar-refractivity contribution in [2.24, 2.45) is 0 Å². The van der Waals surface area contributed by atoms with E-state index in [4.69, 9.17) is 0 Å². The number of hydrogen-bond acceptors (Lipinski definition) is 3. The number of β-amino-alcohol motifs (C(OH)–C–C–N with tert-alkyl or cyclic N) is 1. The molecule has 0 spiro atoms. The van der Waals surface area contributed by atoms with E-state index in [1.54, 1.807) is 0 Å². The number of aliphatic hydroxyl groups is 1. The van der Waals surface area contributed by atoms with Gasteiger partial charge in [0.25, 0.3) is 0 Å². The van der Waals surface area contributed by atoms with Gasteiger partial charge in [0.05, 0.1) is 6.10 Å². The number of nitrogens with zero attached hydrogens (tertiary/aromatic N) is 1. The highest BCUT2D eigenvalue weighted by atomic mass is 16.3. The third-order valence-corrected chi connectivity index (χ3v) is 3.94. The van der Waals surface area contributed by atoms with Crippen molar-refractivity contribution in [3.63, 3.8) is 0 Å². The van der Waals surface area contributed by atoms with Gasteiger partial charge in [-0.05, 0) is 44.0 Å². The molecule has 1 aliphatic rings. The molecule has 0 radical (unpaired) electrons. The zero-order valence-electron chi connectivity index (χ0n) is 12.3. The number of hydrogen-bond donors (Lipinski definition) is 2. The Balaban J connectivity index is 2.01. The molecular formula is C16H24N2O2. The molecule has 1 saturated heterocycles. The number of carbonyl (C=O) groups excluding carboxylic acids is 1. The van der Waals surface area contributed by atoms with Crippen LogP contribution in [0.3, 0.4) is 0 Å². The third kappa shape index (κ3) is 4.05. The molecule has 2 N–H and O–H groups in total. The fourth-order valence-electron chi connectivity index (χ4n) is 2.78. The van der Waals surface area contributed by atoms with Crippen molar-refractivity contribution >= 4 is 11.6 Å². The van der Waals surface area contributed by atoms with Crippen molar-refractivity contribution in [2.45, 2.75) is 45.3 Å². The molecule has 4 nitrogen and oxygen atoms in total. The number of anilines is 1. The van der Waals surface area contributed by atoms with Crippen LogP contribution in [0.2, 0.25) is 0 Å². The van der Waals surface area contributed by atoms with Crippen molar-refractivity contribution in [3.8, 4) is 0 Å². The number of piperidine rings is 1. The molecule has 110 valence electrons. The predicted molar refractivity (Wildman–Crippen MR) is 80.6 cm³/mol.